The third-order valence-corrected chi connectivity index (χ3v) is 1.87. The summed E-state index contributed by atoms with van der Waals surface area (Å²) >= 11 is 0. The van der Waals surface area contributed by atoms with Gasteiger partial charge in [-0.05, 0) is 6.08 Å². The van der Waals surface area contributed by atoms with Crippen molar-refractivity contribution in [2.24, 2.45) is 0 Å². The van der Waals surface area contributed by atoms with Crippen LogP contribution in [0.1, 0.15) is 13.3 Å². The Labute approximate surface area is 67.9 Å². The summed E-state index contributed by atoms with van der Waals surface area (Å²) in [5.74, 6) is 0. The molecule has 0 aromatic heterocycles. The molecule has 0 amide bonds. The molecule has 0 saturated carbocycles. The minimum absolute atomic E-state index is 0. The molecule has 0 aromatic rings. The van der Waals surface area contributed by atoms with E-state index in [9.17, 15) is 0 Å². The Morgan fingerprint density at radius 3 is 2.80 bits per heavy atom. The van der Waals surface area contributed by atoms with Crippen molar-refractivity contribution < 1.29 is 22.4 Å². The van der Waals surface area contributed by atoms with Crippen LogP contribution in [0.4, 0.5) is 0 Å². The van der Waals surface area contributed by atoms with Crippen LogP contribution in [-0.2, 0) is 0 Å². The largest absolute Gasteiger partial charge is 1.00 e. The van der Waals surface area contributed by atoms with Crippen LogP contribution in [0, 0.1) is 0 Å². The zero-order valence-corrected chi connectivity index (χ0v) is 6.99. The molecule has 2 nitrogen and oxygen atoms in total. The van der Waals surface area contributed by atoms with Gasteiger partial charge in [0.15, 0.2) is 0 Å². The fourth-order valence-corrected chi connectivity index (χ4v) is 1.26. The quantitative estimate of drug-likeness (QED) is 0.429. The van der Waals surface area contributed by atoms with Crippen molar-refractivity contribution in [1.29, 1.82) is 0 Å². The van der Waals surface area contributed by atoms with Crippen molar-refractivity contribution in [2.45, 2.75) is 13.3 Å². The van der Waals surface area contributed by atoms with Crippen LogP contribution in [0.3, 0.4) is 0 Å². The maximum Gasteiger partial charge on any atom is 0.105 e. The van der Waals surface area contributed by atoms with E-state index in [4.69, 9.17) is 5.11 Å². The zero-order chi connectivity index (χ0) is 6.69. The number of quaternary nitrogens is 1. The summed E-state index contributed by atoms with van der Waals surface area (Å²) in [6.45, 7) is 4.48. The van der Waals surface area contributed by atoms with Gasteiger partial charge in [0.25, 0.3) is 0 Å². The fraction of sp³-hybridized carbons (Fsp3) is 0.714. The molecule has 0 saturated heterocycles. The molecule has 0 aliphatic carbocycles. The first-order chi connectivity index (χ1) is 4.34. The van der Waals surface area contributed by atoms with Crippen molar-refractivity contribution in [3.8, 4) is 0 Å². The monoisotopic (exact) mass is 163 g/mol. The first-order valence-electron chi connectivity index (χ1n) is 3.47. The maximum atomic E-state index is 8.60. The highest BCUT2D eigenvalue weighted by Gasteiger charge is 2.14. The van der Waals surface area contributed by atoms with Gasteiger partial charge in [-0.25, -0.2) is 0 Å². The summed E-state index contributed by atoms with van der Waals surface area (Å²) in [5, 5.41) is 8.60. The summed E-state index contributed by atoms with van der Waals surface area (Å²) in [6.07, 6.45) is 3.42. The van der Waals surface area contributed by atoms with E-state index in [1.54, 1.807) is 0 Å². The molecule has 0 aromatic carbocycles. The molecule has 1 unspecified atom stereocenters. The molecule has 10 heavy (non-hydrogen) atoms. The lowest BCUT2D eigenvalue weighted by Gasteiger charge is -2.10. The number of aliphatic hydroxyl groups is 1. The van der Waals surface area contributed by atoms with Crippen molar-refractivity contribution in [3.63, 3.8) is 0 Å². The molecule has 0 fully saturated rings. The number of rotatable bonds is 2. The van der Waals surface area contributed by atoms with Crippen LogP contribution in [0.25, 0.3) is 0 Å². The van der Waals surface area contributed by atoms with Crippen molar-refractivity contribution in [2.75, 3.05) is 19.7 Å². The predicted octanol–water partition coefficient (Wildman–Crippen LogP) is -3.82. The Balaban J connectivity index is 0.000000810. The summed E-state index contributed by atoms with van der Waals surface area (Å²) < 4.78 is 0. The molecule has 0 spiro atoms. The molecule has 60 valence electrons. The van der Waals surface area contributed by atoms with Gasteiger partial charge in [-0.1, -0.05) is 0 Å². The molecule has 1 atom stereocenters. The third-order valence-electron chi connectivity index (χ3n) is 1.87. The van der Waals surface area contributed by atoms with E-state index >= 15 is 0 Å². The molecule has 3 heteroatoms. The molecular formula is C7H14ClNO. The van der Waals surface area contributed by atoms with Crippen LogP contribution >= 0.6 is 0 Å². The molecule has 0 radical (unpaired) electrons. The van der Waals surface area contributed by atoms with Crippen molar-refractivity contribution in [1.82, 2.24) is 0 Å². The van der Waals surface area contributed by atoms with Gasteiger partial charge in [0, 0.05) is 13.3 Å². The Kier molecular flexibility index (Phi) is 4.69. The number of hydrogen-bond acceptors (Lipinski definition) is 1. The Bertz CT molecular complexity index is 125. The van der Waals surface area contributed by atoms with Gasteiger partial charge in [0.1, 0.15) is 12.2 Å². The molecule has 1 aliphatic rings. The minimum atomic E-state index is 0. The van der Waals surface area contributed by atoms with E-state index in [2.05, 4.69) is 13.0 Å². The molecule has 2 N–H and O–H groups in total. The zero-order valence-electron chi connectivity index (χ0n) is 6.23. The van der Waals surface area contributed by atoms with E-state index in [0.29, 0.717) is 6.61 Å². The average molecular weight is 164 g/mol. The lowest BCUT2D eigenvalue weighted by Crippen LogP contribution is -3.09. The first kappa shape index (κ1) is 9.95. The highest BCUT2D eigenvalue weighted by molar-refractivity contribution is 4.90. The molecule has 1 heterocycles. The van der Waals surface area contributed by atoms with Crippen LogP contribution in [0.15, 0.2) is 11.8 Å². The topological polar surface area (TPSA) is 24.7 Å². The van der Waals surface area contributed by atoms with Crippen LogP contribution in [0.5, 0.6) is 0 Å². The molecular weight excluding hydrogens is 150 g/mol. The van der Waals surface area contributed by atoms with Gasteiger partial charge in [-0.15, -0.1) is 0 Å². The Morgan fingerprint density at radius 1 is 1.70 bits per heavy atom. The van der Waals surface area contributed by atoms with Gasteiger partial charge in [0.05, 0.1) is 13.2 Å². The van der Waals surface area contributed by atoms with E-state index in [1.165, 1.54) is 23.6 Å². The number of allylic oxidation sites excluding steroid dienone is 1. The highest BCUT2D eigenvalue weighted by atomic mass is 35.5. The maximum absolute atomic E-state index is 8.60. The molecule has 1 rings (SSSR count). The second-order valence-corrected chi connectivity index (χ2v) is 2.50. The minimum Gasteiger partial charge on any atom is -1.00 e. The van der Waals surface area contributed by atoms with Crippen LogP contribution < -0.4 is 17.3 Å². The predicted molar refractivity (Wildman–Crippen MR) is 36.2 cm³/mol. The van der Waals surface area contributed by atoms with Gasteiger partial charge in [-0.3, -0.25) is 0 Å². The first-order valence-corrected chi connectivity index (χ1v) is 3.47. The summed E-state index contributed by atoms with van der Waals surface area (Å²) in [6, 6.07) is 0. The number of nitrogens with one attached hydrogen (secondary N) is 1. The van der Waals surface area contributed by atoms with Gasteiger partial charge in [0.2, 0.25) is 0 Å². The standard InChI is InChI=1S/C7H13NO.ClH/c1-7-3-2-4-8(7)5-6-9;/h3,9H,2,4-6H2,1H3;1H. The van der Waals surface area contributed by atoms with E-state index in [-0.39, 0.29) is 12.4 Å². The van der Waals surface area contributed by atoms with Gasteiger partial charge in [-0.2, -0.15) is 0 Å². The highest BCUT2D eigenvalue weighted by Crippen LogP contribution is 1.91. The van der Waals surface area contributed by atoms with Crippen LogP contribution in [-0.4, -0.2) is 24.8 Å². The second kappa shape index (κ2) is 4.72. The number of aliphatic hydroxyl groups excluding tert-OH is 1. The third kappa shape index (κ3) is 2.29. The lowest BCUT2D eigenvalue weighted by atomic mass is 10.4. The summed E-state index contributed by atoms with van der Waals surface area (Å²) in [4.78, 5) is 1.44. The summed E-state index contributed by atoms with van der Waals surface area (Å²) in [7, 11) is 0. The molecule has 1 aliphatic heterocycles. The lowest BCUT2D eigenvalue weighted by molar-refractivity contribution is -0.854. The SMILES string of the molecule is CC1=CCC[NH+]1CCO.[Cl-]. The van der Waals surface area contributed by atoms with Gasteiger partial charge >= 0.3 is 0 Å². The van der Waals surface area contributed by atoms with E-state index < -0.39 is 0 Å². The number of hydrogen-bond donors (Lipinski definition) is 2. The van der Waals surface area contributed by atoms with Gasteiger partial charge < -0.3 is 22.4 Å². The van der Waals surface area contributed by atoms with Crippen LogP contribution in [0.2, 0.25) is 0 Å². The Morgan fingerprint density at radius 2 is 2.40 bits per heavy atom. The Hall–Kier alpha value is -0.0500. The normalized spacial score (nSPS) is 23.8. The van der Waals surface area contributed by atoms with Crippen molar-refractivity contribution >= 4 is 0 Å². The average Bonchev–Trinajstić information content (AvgIpc) is 2.18. The summed E-state index contributed by atoms with van der Waals surface area (Å²) in [5.41, 5.74) is 1.39. The van der Waals surface area contributed by atoms with E-state index in [1.807, 2.05) is 0 Å². The van der Waals surface area contributed by atoms with Crippen molar-refractivity contribution in [3.05, 3.63) is 11.8 Å². The smallest absolute Gasteiger partial charge is 0.105 e. The van der Waals surface area contributed by atoms with E-state index in [0.717, 1.165) is 6.54 Å². The fourth-order valence-electron chi connectivity index (χ4n) is 1.26. The molecule has 0 bridgehead atoms. The number of halogens is 1. The second-order valence-electron chi connectivity index (χ2n) is 2.50.